The van der Waals surface area contributed by atoms with Crippen LogP contribution in [0.1, 0.15) is 28.9 Å². The molecule has 2 heterocycles. The fraction of sp³-hybridized carbons (Fsp3) is 0.273. The zero-order chi connectivity index (χ0) is 22.2. The van der Waals surface area contributed by atoms with E-state index in [1.54, 1.807) is 6.92 Å². The van der Waals surface area contributed by atoms with E-state index in [9.17, 15) is 18.0 Å². The second-order valence-electron chi connectivity index (χ2n) is 7.43. The molecule has 0 bridgehead atoms. The van der Waals surface area contributed by atoms with Crippen LogP contribution in [-0.4, -0.2) is 48.7 Å². The van der Waals surface area contributed by atoms with E-state index in [1.165, 1.54) is 24.3 Å². The summed E-state index contributed by atoms with van der Waals surface area (Å²) in [7, 11) is -3.88. The third-order valence-corrected chi connectivity index (χ3v) is 7.59. The Morgan fingerprint density at radius 2 is 1.87 bits per heavy atom. The zero-order valence-corrected chi connectivity index (χ0v) is 18.4. The van der Waals surface area contributed by atoms with Gasteiger partial charge in [0.05, 0.1) is 4.90 Å². The fourth-order valence-corrected chi connectivity index (χ4v) is 5.72. The Kier molecular flexibility index (Phi) is 5.88. The highest BCUT2D eigenvalue weighted by Crippen LogP contribution is 2.28. The number of H-pyrrole nitrogens is 1. The van der Waals surface area contributed by atoms with E-state index in [0.29, 0.717) is 29.1 Å². The average Bonchev–Trinajstić information content (AvgIpc) is 3.36. The van der Waals surface area contributed by atoms with Crippen molar-refractivity contribution in [3.8, 4) is 0 Å². The van der Waals surface area contributed by atoms with Crippen LogP contribution in [0.4, 0.5) is 0 Å². The van der Waals surface area contributed by atoms with Crippen LogP contribution in [0, 0.1) is 6.92 Å². The van der Waals surface area contributed by atoms with Gasteiger partial charge in [0.25, 0.3) is 0 Å². The van der Waals surface area contributed by atoms with Gasteiger partial charge in [0.1, 0.15) is 6.04 Å². The van der Waals surface area contributed by atoms with Crippen molar-refractivity contribution in [3.63, 3.8) is 0 Å². The van der Waals surface area contributed by atoms with Crippen molar-refractivity contribution in [2.24, 2.45) is 0 Å². The summed E-state index contributed by atoms with van der Waals surface area (Å²) in [5, 5.41) is 1.18. The quantitative estimate of drug-likeness (QED) is 0.446. The Morgan fingerprint density at radius 3 is 2.61 bits per heavy atom. The van der Waals surface area contributed by atoms with Gasteiger partial charge in [0.15, 0.2) is 6.61 Å². The monoisotopic (exact) mass is 460 g/mol. The number of Topliss-reactive ketones (excluding diaryl/α,β-unsaturated/α-hetero) is 1. The van der Waals surface area contributed by atoms with E-state index >= 15 is 0 Å². The number of sulfonamides is 1. The molecule has 1 atom stereocenters. The molecule has 31 heavy (non-hydrogen) atoms. The van der Waals surface area contributed by atoms with Gasteiger partial charge in [-0.3, -0.25) is 9.59 Å². The predicted molar refractivity (Wildman–Crippen MR) is 117 cm³/mol. The highest BCUT2D eigenvalue weighted by atomic mass is 35.5. The third-order valence-electron chi connectivity index (χ3n) is 5.41. The van der Waals surface area contributed by atoms with Gasteiger partial charge in [-0.15, -0.1) is 0 Å². The number of rotatable bonds is 6. The van der Waals surface area contributed by atoms with Crippen LogP contribution in [-0.2, 0) is 19.6 Å². The minimum atomic E-state index is -3.88. The molecule has 7 nitrogen and oxygen atoms in total. The molecule has 162 valence electrons. The van der Waals surface area contributed by atoms with Crippen molar-refractivity contribution >= 4 is 44.3 Å². The van der Waals surface area contributed by atoms with Crippen molar-refractivity contribution in [1.82, 2.24) is 9.29 Å². The predicted octanol–water partition coefficient (Wildman–Crippen LogP) is 3.71. The lowest BCUT2D eigenvalue weighted by Gasteiger charge is -2.22. The minimum absolute atomic E-state index is 0.0575. The molecule has 1 aromatic heterocycles. The molecule has 9 heteroatoms. The number of fused-ring (bicyclic) bond motifs is 1. The number of hydrogen-bond acceptors (Lipinski definition) is 5. The molecule has 0 aliphatic carbocycles. The van der Waals surface area contributed by atoms with Gasteiger partial charge in [-0.1, -0.05) is 29.8 Å². The maximum Gasteiger partial charge on any atom is 0.324 e. The largest absolute Gasteiger partial charge is 0.456 e. The molecule has 0 spiro atoms. The van der Waals surface area contributed by atoms with Crippen molar-refractivity contribution < 1.29 is 22.7 Å². The van der Waals surface area contributed by atoms with Crippen LogP contribution < -0.4 is 0 Å². The standard InChI is InChI=1S/C22H21ClN2O5S/c1-14-21(17-5-2-3-6-18(17)24-14)20(26)13-30-22(27)19-7-4-12-25(19)31(28,29)16-10-8-15(23)9-11-16/h2-3,5-6,8-11,19,24H,4,7,12-13H2,1H3/t19-/m1/s1. The molecule has 2 aromatic carbocycles. The summed E-state index contributed by atoms with van der Waals surface area (Å²) < 4.78 is 32.4. The molecule has 0 radical (unpaired) electrons. The number of carbonyl (C=O) groups excluding carboxylic acids is 2. The number of hydrogen-bond donors (Lipinski definition) is 1. The Hall–Kier alpha value is -2.68. The number of aryl methyl sites for hydroxylation is 1. The maximum absolute atomic E-state index is 13.0. The lowest BCUT2D eigenvalue weighted by atomic mass is 10.1. The van der Waals surface area contributed by atoms with Crippen LogP contribution in [0.15, 0.2) is 53.4 Å². The summed E-state index contributed by atoms with van der Waals surface area (Å²) in [6.07, 6.45) is 0.869. The first-order chi connectivity index (χ1) is 14.8. The van der Waals surface area contributed by atoms with Crippen LogP contribution >= 0.6 is 11.6 Å². The highest BCUT2D eigenvalue weighted by molar-refractivity contribution is 7.89. The van der Waals surface area contributed by atoms with Crippen LogP contribution in [0.5, 0.6) is 0 Å². The normalized spacial score (nSPS) is 17.2. The Morgan fingerprint density at radius 1 is 1.16 bits per heavy atom. The second kappa shape index (κ2) is 8.45. The molecule has 0 unspecified atom stereocenters. The van der Waals surface area contributed by atoms with Crippen molar-refractivity contribution in [2.45, 2.75) is 30.7 Å². The molecule has 1 N–H and O–H groups in total. The first-order valence-electron chi connectivity index (χ1n) is 9.83. The summed E-state index contributed by atoms with van der Waals surface area (Å²) in [5.74, 6) is -1.06. The van der Waals surface area contributed by atoms with Gasteiger partial charge in [0, 0.05) is 33.7 Å². The summed E-state index contributed by atoms with van der Waals surface area (Å²) in [4.78, 5) is 28.7. The van der Waals surface area contributed by atoms with Gasteiger partial charge in [0.2, 0.25) is 15.8 Å². The Balaban J connectivity index is 1.48. The lowest BCUT2D eigenvalue weighted by Crippen LogP contribution is -2.41. The van der Waals surface area contributed by atoms with Gasteiger partial charge < -0.3 is 9.72 Å². The van der Waals surface area contributed by atoms with Crippen LogP contribution in [0.3, 0.4) is 0 Å². The topological polar surface area (TPSA) is 96.5 Å². The molecule has 1 fully saturated rings. The number of aromatic nitrogens is 1. The van der Waals surface area contributed by atoms with Crippen molar-refractivity contribution in [2.75, 3.05) is 13.2 Å². The molecule has 0 saturated carbocycles. The van der Waals surface area contributed by atoms with Gasteiger partial charge >= 0.3 is 5.97 Å². The number of aromatic amines is 1. The number of esters is 1. The number of para-hydroxylation sites is 1. The lowest BCUT2D eigenvalue weighted by molar-refractivity contribution is -0.146. The number of halogens is 1. The summed E-state index contributed by atoms with van der Waals surface area (Å²) >= 11 is 5.84. The number of ketones is 1. The van der Waals surface area contributed by atoms with Crippen molar-refractivity contribution in [3.05, 3.63) is 64.8 Å². The van der Waals surface area contributed by atoms with E-state index in [2.05, 4.69) is 4.98 Å². The molecular formula is C22H21ClN2O5S. The number of ether oxygens (including phenoxy) is 1. The number of nitrogens with one attached hydrogen (secondary N) is 1. The highest BCUT2D eigenvalue weighted by Gasteiger charge is 2.40. The summed E-state index contributed by atoms with van der Waals surface area (Å²) in [5.41, 5.74) is 1.99. The minimum Gasteiger partial charge on any atom is -0.456 e. The molecular weight excluding hydrogens is 440 g/mol. The Labute approximate surface area is 185 Å². The number of benzene rings is 2. The van der Waals surface area contributed by atoms with E-state index in [4.69, 9.17) is 16.3 Å². The van der Waals surface area contributed by atoms with E-state index < -0.39 is 28.6 Å². The SMILES string of the molecule is Cc1[nH]c2ccccc2c1C(=O)COC(=O)[C@H]1CCCN1S(=O)(=O)c1ccc(Cl)cc1. The smallest absolute Gasteiger partial charge is 0.324 e. The van der Waals surface area contributed by atoms with Gasteiger partial charge in [-0.2, -0.15) is 4.31 Å². The van der Waals surface area contributed by atoms with Crippen LogP contribution in [0.2, 0.25) is 5.02 Å². The molecule has 1 aliphatic heterocycles. The van der Waals surface area contributed by atoms with E-state index in [-0.39, 0.29) is 17.2 Å². The van der Waals surface area contributed by atoms with Crippen molar-refractivity contribution in [1.29, 1.82) is 0 Å². The third kappa shape index (κ3) is 4.11. The molecule has 1 aliphatic rings. The second-order valence-corrected chi connectivity index (χ2v) is 9.76. The van der Waals surface area contributed by atoms with Crippen LogP contribution in [0.25, 0.3) is 10.9 Å². The molecule has 0 amide bonds. The summed E-state index contributed by atoms with van der Waals surface area (Å²) in [6.45, 7) is 1.54. The molecule has 3 aromatic rings. The van der Waals surface area contributed by atoms with E-state index in [1.807, 2.05) is 24.3 Å². The fourth-order valence-electron chi connectivity index (χ4n) is 3.95. The van der Waals surface area contributed by atoms with E-state index in [0.717, 1.165) is 15.2 Å². The Bertz CT molecular complexity index is 1250. The van der Waals surface area contributed by atoms with Gasteiger partial charge in [-0.25, -0.2) is 8.42 Å². The zero-order valence-electron chi connectivity index (χ0n) is 16.8. The number of carbonyl (C=O) groups is 2. The first kappa shape index (κ1) is 21.5. The first-order valence-corrected chi connectivity index (χ1v) is 11.7. The maximum atomic E-state index is 13.0. The average molecular weight is 461 g/mol. The summed E-state index contributed by atoms with van der Waals surface area (Å²) in [6, 6.07) is 12.2. The molecule has 4 rings (SSSR count). The number of nitrogens with zero attached hydrogens (tertiary/aromatic N) is 1. The van der Waals surface area contributed by atoms with Gasteiger partial charge in [-0.05, 0) is 50.1 Å². The molecule has 1 saturated heterocycles.